The van der Waals surface area contributed by atoms with Gasteiger partial charge in [-0.2, -0.15) is 0 Å². The monoisotopic (exact) mass is 344 g/mol. The van der Waals surface area contributed by atoms with Crippen molar-refractivity contribution in [1.29, 1.82) is 0 Å². The molecule has 0 radical (unpaired) electrons. The van der Waals surface area contributed by atoms with E-state index in [1.54, 1.807) is 11.3 Å². The molecule has 1 aliphatic carbocycles. The quantitative estimate of drug-likeness (QED) is 0.813. The van der Waals surface area contributed by atoms with Crippen LogP contribution in [0.4, 0.5) is 4.79 Å². The van der Waals surface area contributed by atoms with Gasteiger partial charge in [0.05, 0.1) is 5.02 Å². The number of rotatable bonds is 6. The highest BCUT2D eigenvalue weighted by atomic mass is 35.5. The molecule has 0 bridgehead atoms. The van der Waals surface area contributed by atoms with Crippen LogP contribution in [0.25, 0.3) is 0 Å². The Hall–Kier alpha value is -0.780. The van der Waals surface area contributed by atoms with Crippen molar-refractivity contribution in [3.63, 3.8) is 0 Å². The van der Waals surface area contributed by atoms with Gasteiger partial charge < -0.3 is 15.4 Å². The molecule has 4 nitrogen and oxygen atoms in total. The van der Waals surface area contributed by atoms with E-state index in [1.807, 2.05) is 32.2 Å². The predicted molar refractivity (Wildman–Crippen MR) is 91.5 cm³/mol. The lowest BCUT2D eigenvalue weighted by Gasteiger charge is -2.32. The molecule has 1 aromatic heterocycles. The topological polar surface area (TPSA) is 50.4 Å². The number of halogens is 1. The minimum absolute atomic E-state index is 0.118. The molecule has 1 aromatic rings. The molecule has 0 aromatic carbocycles. The zero-order valence-corrected chi connectivity index (χ0v) is 15.2. The SMILES string of the molecule is CC(C)(C)OC(=O)NCC(C)(NCc1cc(Cl)cs1)C1CC1. The van der Waals surface area contributed by atoms with Crippen molar-refractivity contribution in [2.45, 2.75) is 58.2 Å². The molecule has 1 fully saturated rings. The molecule has 1 amide bonds. The number of carbonyl (C=O) groups excluding carboxylic acids is 1. The van der Waals surface area contributed by atoms with E-state index in [9.17, 15) is 4.79 Å². The standard InChI is InChI=1S/C16H25ClN2O2S/c1-15(2,3)21-14(20)18-10-16(4,11-5-6-11)19-8-13-7-12(17)9-22-13/h7,9,11,19H,5-6,8,10H2,1-4H3,(H,18,20). The van der Waals surface area contributed by atoms with Crippen LogP contribution < -0.4 is 10.6 Å². The predicted octanol–water partition coefficient (Wildman–Crippen LogP) is 4.18. The number of amides is 1. The third kappa shape index (κ3) is 5.45. The molecular weight excluding hydrogens is 320 g/mol. The van der Waals surface area contributed by atoms with Crippen LogP contribution in [0, 0.1) is 5.92 Å². The third-order valence-corrected chi connectivity index (χ3v) is 5.05. The first-order valence-corrected chi connectivity index (χ1v) is 8.88. The van der Waals surface area contributed by atoms with Crippen molar-refractivity contribution in [3.8, 4) is 0 Å². The van der Waals surface area contributed by atoms with E-state index in [4.69, 9.17) is 16.3 Å². The fourth-order valence-corrected chi connectivity index (χ4v) is 3.39. The number of ether oxygens (including phenoxy) is 1. The average Bonchev–Trinajstić information content (AvgIpc) is 3.16. The van der Waals surface area contributed by atoms with Crippen LogP contribution in [0.15, 0.2) is 11.4 Å². The summed E-state index contributed by atoms with van der Waals surface area (Å²) in [7, 11) is 0. The van der Waals surface area contributed by atoms with Crippen molar-refractivity contribution in [1.82, 2.24) is 10.6 Å². The minimum atomic E-state index is -0.471. The van der Waals surface area contributed by atoms with Crippen LogP contribution in [-0.4, -0.2) is 23.8 Å². The van der Waals surface area contributed by atoms with E-state index in [-0.39, 0.29) is 11.6 Å². The normalized spacial score (nSPS) is 17.9. The summed E-state index contributed by atoms with van der Waals surface area (Å²) in [4.78, 5) is 13.1. The zero-order chi connectivity index (χ0) is 16.4. The number of thiophene rings is 1. The van der Waals surface area contributed by atoms with Gasteiger partial charge in [-0.15, -0.1) is 11.3 Å². The molecule has 1 saturated carbocycles. The third-order valence-electron chi connectivity index (χ3n) is 3.77. The van der Waals surface area contributed by atoms with Gasteiger partial charge in [0.2, 0.25) is 0 Å². The summed E-state index contributed by atoms with van der Waals surface area (Å²) in [6.45, 7) is 9.09. The summed E-state index contributed by atoms with van der Waals surface area (Å²) in [5, 5.41) is 9.20. The second-order valence-corrected chi connectivity index (χ2v) is 8.56. The lowest BCUT2D eigenvalue weighted by atomic mass is 9.95. The Morgan fingerprint density at radius 1 is 1.41 bits per heavy atom. The van der Waals surface area contributed by atoms with Gasteiger partial charge in [-0.1, -0.05) is 11.6 Å². The van der Waals surface area contributed by atoms with Crippen molar-refractivity contribution in [3.05, 3.63) is 21.3 Å². The second-order valence-electron chi connectivity index (χ2n) is 7.13. The highest BCUT2D eigenvalue weighted by Gasteiger charge is 2.41. The Balaban J connectivity index is 1.86. The van der Waals surface area contributed by atoms with Crippen LogP contribution in [-0.2, 0) is 11.3 Å². The van der Waals surface area contributed by atoms with Crippen LogP contribution >= 0.6 is 22.9 Å². The first-order chi connectivity index (χ1) is 10.2. The smallest absolute Gasteiger partial charge is 0.407 e. The number of hydrogen-bond donors (Lipinski definition) is 2. The van der Waals surface area contributed by atoms with Crippen LogP contribution in [0.1, 0.15) is 45.4 Å². The Morgan fingerprint density at radius 3 is 2.59 bits per heavy atom. The highest BCUT2D eigenvalue weighted by Crippen LogP contribution is 2.39. The maximum atomic E-state index is 11.8. The fraction of sp³-hybridized carbons (Fsp3) is 0.688. The van der Waals surface area contributed by atoms with Gasteiger partial charge in [0.1, 0.15) is 5.60 Å². The molecule has 0 saturated heterocycles. The summed E-state index contributed by atoms with van der Waals surface area (Å²) in [6, 6.07) is 1.98. The Bertz CT molecular complexity index is 522. The molecule has 6 heteroatoms. The van der Waals surface area contributed by atoms with E-state index in [2.05, 4.69) is 17.6 Å². The highest BCUT2D eigenvalue weighted by molar-refractivity contribution is 7.10. The van der Waals surface area contributed by atoms with Gasteiger partial charge in [-0.3, -0.25) is 0 Å². The molecule has 1 aliphatic rings. The first kappa shape index (κ1) is 17.6. The maximum absolute atomic E-state index is 11.8. The molecular formula is C16H25ClN2O2S. The van der Waals surface area contributed by atoms with Crippen molar-refractivity contribution >= 4 is 29.0 Å². The lowest BCUT2D eigenvalue weighted by molar-refractivity contribution is 0.0507. The van der Waals surface area contributed by atoms with Crippen LogP contribution in [0.2, 0.25) is 5.02 Å². The van der Waals surface area contributed by atoms with Gasteiger partial charge in [-0.05, 0) is 52.5 Å². The minimum Gasteiger partial charge on any atom is -0.444 e. The van der Waals surface area contributed by atoms with Crippen molar-refractivity contribution in [2.75, 3.05) is 6.54 Å². The second kappa shape index (κ2) is 6.77. The van der Waals surface area contributed by atoms with Gasteiger partial charge in [-0.25, -0.2) is 4.79 Å². The van der Waals surface area contributed by atoms with Crippen LogP contribution in [0.3, 0.4) is 0 Å². The Kier molecular flexibility index (Phi) is 5.41. The van der Waals surface area contributed by atoms with Gasteiger partial charge in [0, 0.05) is 28.9 Å². The molecule has 2 N–H and O–H groups in total. The van der Waals surface area contributed by atoms with E-state index in [0.717, 1.165) is 11.6 Å². The Labute approximate surface area is 141 Å². The molecule has 1 heterocycles. The summed E-state index contributed by atoms with van der Waals surface area (Å²) >= 11 is 7.61. The molecule has 0 spiro atoms. The molecule has 22 heavy (non-hydrogen) atoms. The number of carbonyl (C=O) groups is 1. The summed E-state index contributed by atoms with van der Waals surface area (Å²) < 4.78 is 5.31. The lowest BCUT2D eigenvalue weighted by Crippen LogP contribution is -2.53. The molecule has 0 aliphatic heterocycles. The van der Waals surface area contributed by atoms with Gasteiger partial charge >= 0.3 is 6.09 Å². The van der Waals surface area contributed by atoms with E-state index in [0.29, 0.717) is 12.5 Å². The molecule has 2 rings (SSSR count). The van der Waals surface area contributed by atoms with E-state index in [1.165, 1.54) is 17.7 Å². The summed E-state index contributed by atoms with van der Waals surface area (Å²) in [6.07, 6.45) is 2.04. The maximum Gasteiger partial charge on any atom is 0.407 e. The largest absolute Gasteiger partial charge is 0.444 e. The Morgan fingerprint density at radius 2 is 2.09 bits per heavy atom. The van der Waals surface area contributed by atoms with E-state index >= 15 is 0 Å². The van der Waals surface area contributed by atoms with Crippen molar-refractivity contribution < 1.29 is 9.53 Å². The zero-order valence-electron chi connectivity index (χ0n) is 13.7. The molecule has 124 valence electrons. The van der Waals surface area contributed by atoms with E-state index < -0.39 is 5.60 Å². The first-order valence-electron chi connectivity index (χ1n) is 7.63. The molecule has 1 atom stereocenters. The summed E-state index contributed by atoms with van der Waals surface area (Å²) in [5.74, 6) is 0.595. The van der Waals surface area contributed by atoms with Crippen molar-refractivity contribution in [2.24, 2.45) is 5.92 Å². The number of hydrogen-bond acceptors (Lipinski definition) is 4. The average molecular weight is 345 g/mol. The number of alkyl carbamates (subject to hydrolysis) is 1. The number of nitrogens with one attached hydrogen (secondary N) is 2. The van der Waals surface area contributed by atoms with Gasteiger partial charge in [0.15, 0.2) is 0 Å². The van der Waals surface area contributed by atoms with Crippen LogP contribution in [0.5, 0.6) is 0 Å². The van der Waals surface area contributed by atoms with Gasteiger partial charge in [0.25, 0.3) is 0 Å². The fourth-order valence-electron chi connectivity index (χ4n) is 2.38. The summed E-state index contributed by atoms with van der Waals surface area (Å²) in [5.41, 5.74) is -0.589. The molecule has 1 unspecified atom stereocenters.